The van der Waals surface area contributed by atoms with E-state index < -0.39 is 0 Å². The second-order valence-electron chi connectivity index (χ2n) is 5.26. The number of amides is 1. The number of nitrogens with zero attached hydrogens (tertiary/aromatic N) is 4. The quantitative estimate of drug-likeness (QED) is 0.714. The third-order valence-electron chi connectivity index (χ3n) is 3.93. The molecule has 1 aliphatic heterocycles. The molecule has 3 aromatic rings. The highest BCUT2D eigenvalue weighted by atomic mass is 16.2. The SMILES string of the molecule is O=C(Cn1ccccc1=O)N1CCn2c1nc1ccccc12. The van der Waals surface area contributed by atoms with E-state index in [1.165, 1.54) is 10.6 Å². The van der Waals surface area contributed by atoms with Crippen LogP contribution >= 0.6 is 0 Å². The minimum absolute atomic E-state index is 0.0306. The molecule has 6 nitrogen and oxygen atoms in total. The van der Waals surface area contributed by atoms with E-state index in [0.29, 0.717) is 12.5 Å². The number of rotatable bonds is 2. The first-order chi connectivity index (χ1) is 10.7. The molecule has 4 rings (SSSR count). The van der Waals surface area contributed by atoms with Crippen LogP contribution in [0.3, 0.4) is 0 Å². The van der Waals surface area contributed by atoms with Gasteiger partial charge in [0.1, 0.15) is 6.54 Å². The minimum Gasteiger partial charge on any atom is -0.308 e. The van der Waals surface area contributed by atoms with E-state index in [-0.39, 0.29) is 18.0 Å². The number of carbonyl (C=O) groups is 1. The smallest absolute Gasteiger partial charge is 0.250 e. The van der Waals surface area contributed by atoms with Gasteiger partial charge in [-0.25, -0.2) is 4.98 Å². The van der Waals surface area contributed by atoms with Gasteiger partial charge in [-0.15, -0.1) is 0 Å². The number of fused-ring (bicyclic) bond motifs is 3. The number of hydrogen-bond donors (Lipinski definition) is 0. The summed E-state index contributed by atoms with van der Waals surface area (Å²) in [5.41, 5.74) is 1.74. The summed E-state index contributed by atoms with van der Waals surface area (Å²) in [6.07, 6.45) is 1.62. The summed E-state index contributed by atoms with van der Waals surface area (Å²) in [6, 6.07) is 12.7. The number of benzene rings is 1. The molecule has 1 amide bonds. The zero-order valence-electron chi connectivity index (χ0n) is 11.8. The maximum atomic E-state index is 12.5. The lowest BCUT2D eigenvalue weighted by atomic mass is 10.3. The maximum absolute atomic E-state index is 12.5. The monoisotopic (exact) mass is 294 g/mol. The molecular weight excluding hydrogens is 280 g/mol. The Labute approximate surface area is 126 Å². The number of pyridine rings is 1. The predicted molar refractivity (Wildman–Crippen MR) is 82.8 cm³/mol. The summed E-state index contributed by atoms with van der Waals surface area (Å²) in [5.74, 6) is 0.539. The fraction of sp³-hybridized carbons (Fsp3) is 0.188. The normalized spacial score (nSPS) is 13.5. The fourth-order valence-electron chi connectivity index (χ4n) is 2.85. The van der Waals surface area contributed by atoms with E-state index in [2.05, 4.69) is 4.98 Å². The van der Waals surface area contributed by atoms with Crippen molar-refractivity contribution in [1.82, 2.24) is 14.1 Å². The summed E-state index contributed by atoms with van der Waals surface area (Å²) in [7, 11) is 0. The van der Waals surface area contributed by atoms with Crippen LogP contribution in [0.4, 0.5) is 5.95 Å². The molecular formula is C16H14N4O2. The Hall–Kier alpha value is -2.89. The lowest BCUT2D eigenvalue weighted by Gasteiger charge is -2.14. The van der Waals surface area contributed by atoms with Gasteiger partial charge < -0.3 is 9.13 Å². The Bertz CT molecular complexity index is 925. The van der Waals surface area contributed by atoms with E-state index in [9.17, 15) is 9.59 Å². The molecule has 0 atom stereocenters. The molecule has 1 aliphatic rings. The molecule has 0 bridgehead atoms. The number of aromatic nitrogens is 3. The molecule has 0 saturated heterocycles. The zero-order valence-corrected chi connectivity index (χ0v) is 11.8. The standard InChI is InChI=1S/C16H14N4O2/c21-14-7-3-4-8-18(14)11-15(22)20-10-9-19-13-6-2-1-5-12(13)17-16(19)20/h1-8H,9-11H2. The van der Waals surface area contributed by atoms with Crippen molar-refractivity contribution in [3.05, 3.63) is 59.0 Å². The van der Waals surface area contributed by atoms with E-state index in [1.54, 1.807) is 23.2 Å². The summed E-state index contributed by atoms with van der Waals surface area (Å²) in [6.45, 7) is 1.35. The van der Waals surface area contributed by atoms with Crippen molar-refractivity contribution in [2.24, 2.45) is 0 Å². The highest BCUT2D eigenvalue weighted by molar-refractivity contribution is 5.94. The third kappa shape index (κ3) is 1.92. The summed E-state index contributed by atoms with van der Waals surface area (Å²) in [4.78, 5) is 30.4. The Balaban J connectivity index is 1.67. The van der Waals surface area contributed by atoms with Gasteiger partial charge >= 0.3 is 0 Å². The summed E-state index contributed by atoms with van der Waals surface area (Å²) >= 11 is 0. The molecule has 3 heterocycles. The predicted octanol–water partition coefficient (Wildman–Crippen LogP) is 1.24. The van der Waals surface area contributed by atoms with Crippen molar-refractivity contribution in [2.45, 2.75) is 13.1 Å². The van der Waals surface area contributed by atoms with E-state index >= 15 is 0 Å². The van der Waals surface area contributed by atoms with Gasteiger partial charge in [0.05, 0.1) is 11.0 Å². The van der Waals surface area contributed by atoms with Crippen LogP contribution in [-0.4, -0.2) is 26.6 Å². The van der Waals surface area contributed by atoms with Crippen LogP contribution in [0.5, 0.6) is 0 Å². The molecule has 2 aromatic heterocycles. The van der Waals surface area contributed by atoms with Gasteiger partial charge in [-0.1, -0.05) is 18.2 Å². The molecule has 110 valence electrons. The molecule has 0 fully saturated rings. The van der Waals surface area contributed by atoms with Gasteiger partial charge in [-0.2, -0.15) is 0 Å². The maximum Gasteiger partial charge on any atom is 0.250 e. The molecule has 0 N–H and O–H groups in total. The first-order valence-electron chi connectivity index (χ1n) is 7.15. The number of carbonyl (C=O) groups excluding carboxylic acids is 1. The van der Waals surface area contributed by atoms with Crippen LogP contribution in [0.25, 0.3) is 11.0 Å². The van der Waals surface area contributed by atoms with Gasteiger partial charge in [0, 0.05) is 25.4 Å². The van der Waals surface area contributed by atoms with Gasteiger partial charge in [0.15, 0.2) is 0 Å². The second kappa shape index (κ2) is 4.84. The summed E-state index contributed by atoms with van der Waals surface area (Å²) < 4.78 is 3.45. The van der Waals surface area contributed by atoms with Crippen molar-refractivity contribution >= 4 is 22.9 Å². The van der Waals surface area contributed by atoms with E-state index in [1.807, 2.05) is 28.8 Å². The first kappa shape index (κ1) is 12.8. The van der Waals surface area contributed by atoms with Crippen LogP contribution in [0, 0.1) is 0 Å². The van der Waals surface area contributed by atoms with Gasteiger partial charge in [-0.05, 0) is 18.2 Å². The topological polar surface area (TPSA) is 60.1 Å². The van der Waals surface area contributed by atoms with Crippen molar-refractivity contribution in [1.29, 1.82) is 0 Å². The second-order valence-corrected chi connectivity index (χ2v) is 5.26. The lowest BCUT2D eigenvalue weighted by molar-refractivity contribution is -0.119. The van der Waals surface area contributed by atoms with Crippen molar-refractivity contribution in [2.75, 3.05) is 11.4 Å². The molecule has 6 heteroatoms. The molecule has 0 unspecified atom stereocenters. The Morgan fingerprint density at radius 1 is 1.09 bits per heavy atom. The average molecular weight is 294 g/mol. The van der Waals surface area contributed by atoms with Crippen LogP contribution in [0.1, 0.15) is 0 Å². The third-order valence-corrected chi connectivity index (χ3v) is 3.93. The number of para-hydroxylation sites is 2. The van der Waals surface area contributed by atoms with Crippen molar-refractivity contribution < 1.29 is 4.79 Å². The molecule has 0 spiro atoms. The first-order valence-corrected chi connectivity index (χ1v) is 7.15. The Morgan fingerprint density at radius 3 is 2.77 bits per heavy atom. The van der Waals surface area contributed by atoms with Crippen molar-refractivity contribution in [3.63, 3.8) is 0 Å². The number of anilines is 1. The number of imidazole rings is 1. The fourth-order valence-corrected chi connectivity index (χ4v) is 2.85. The Kier molecular flexibility index (Phi) is 2.82. The van der Waals surface area contributed by atoms with Crippen LogP contribution in [0.2, 0.25) is 0 Å². The lowest BCUT2D eigenvalue weighted by Crippen LogP contribution is -2.35. The minimum atomic E-state index is -0.177. The largest absolute Gasteiger partial charge is 0.308 e. The summed E-state index contributed by atoms with van der Waals surface area (Å²) in [5, 5.41) is 0. The van der Waals surface area contributed by atoms with Crippen LogP contribution in [0.15, 0.2) is 53.5 Å². The highest BCUT2D eigenvalue weighted by Crippen LogP contribution is 2.27. The molecule has 22 heavy (non-hydrogen) atoms. The van der Waals surface area contributed by atoms with E-state index in [4.69, 9.17) is 0 Å². The van der Waals surface area contributed by atoms with Crippen molar-refractivity contribution in [3.8, 4) is 0 Å². The van der Waals surface area contributed by atoms with E-state index in [0.717, 1.165) is 17.6 Å². The molecule has 1 aromatic carbocycles. The molecule has 0 saturated carbocycles. The molecule has 0 aliphatic carbocycles. The Morgan fingerprint density at radius 2 is 1.91 bits per heavy atom. The average Bonchev–Trinajstić information content (AvgIpc) is 3.08. The molecule has 0 radical (unpaired) electrons. The van der Waals surface area contributed by atoms with Gasteiger partial charge in [0.2, 0.25) is 11.9 Å². The van der Waals surface area contributed by atoms with Crippen LogP contribution < -0.4 is 10.5 Å². The van der Waals surface area contributed by atoms with Gasteiger partial charge in [-0.3, -0.25) is 14.5 Å². The van der Waals surface area contributed by atoms with Crippen LogP contribution in [-0.2, 0) is 17.9 Å². The highest BCUT2D eigenvalue weighted by Gasteiger charge is 2.28. The van der Waals surface area contributed by atoms with Gasteiger partial charge in [0.25, 0.3) is 5.56 Å². The zero-order chi connectivity index (χ0) is 15.1. The number of hydrogen-bond acceptors (Lipinski definition) is 3.